The first kappa shape index (κ1) is 24.9. The summed E-state index contributed by atoms with van der Waals surface area (Å²) in [6.45, 7) is 5.68. The van der Waals surface area contributed by atoms with E-state index in [0.29, 0.717) is 43.2 Å². The number of amides is 1. The molecule has 4 rings (SSSR count). The van der Waals surface area contributed by atoms with Crippen molar-refractivity contribution < 1.29 is 19.0 Å². The number of hydrogen-bond acceptors (Lipinski definition) is 5. The molecule has 0 aromatic heterocycles. The van der Waals surface area contributed by atoms with Crippen molar-refractivity contribution in [3.8, 4) is 23.3 Å². The van der Waals surface area contributed by atoms with E-state index < -0.39 is 0 Å². The van der Waals surface area contributed by atoms with Crippen LogP contribution < -0.4 is 19.1 Å². The molecule has 0 bridgehead atoms. The standard InChI is InChI=1S/C30H30N2O4/c1-21-15-22(2)17-26(16-21)35-13-6-14-36-28-10-9-23(19-29(28)34-3)18-25(20-31)30(33)32-12-11-24-7-4-5-8-27(24)32/h4-5,7-10,15-19H,6,11-14H2,1-3H3/b25-18+. The summed E-state index contributed by atoms with van der Waals surface area (Å²) in [6.07, 6.45) is 3.09. The van der Waals surface area contributed by atoms with Gasteiger partial charge in [0.25, 0.3) is 5.91 Å². The van der Waals surface area contributed by atoms with Crippen molar-refractivity contribution in [3.63, 3.8) is 0 Å². The van der Waals surface area contributed by atoms with Gasteiger partial charge in [-0.3, -0.25) is 4.79 Å². The Balaban J connectivity index is 1.37. The summed E-state index contributed by atoms with van der Waals surface area (Å²) in [5, 5.41) is 9.69. The molecule has 0 spiro atoms. The van der Waals surface area contributed by atoms with Crippen LogP contribution in [-0.4, -0.2) is 32.8 Å². The Morgan fingerprint density at radius 1 is 1.00 bits per heavy atom. The molecule has 3 aromatic rings. The van der Waals surface area contributed by atoms with E-state index in [1.54, 1.807) is 30.2 Å². The van der Waals surface area contributed by atoms with E-state index in [1.165, 1.54) is 11.1 Å². The van der Waals surface area contributed by atoms with Gasteiger partial charge in [-0.2, -0.15) is 5.26 Å². The first-order valence-electron chi connectivity index (χ1n) is 12.0. The largest absolute Gasteiger partial charge is 0.493 e. The van der Waals surface area contributed by atoms with Crippen LogP contribution in [0.1, 0.15) is 28.7 Å². The number of methoxy groups -OCH3 is 1. The van der Waals surface area contributed by atoms with Crippen LogP contribution in [0, 0.1) is 25.2 Å². The van der Waals surface area contributed by atoms with Crippen LogP contribution in [0.5, 0.6) is 17.2 Å². The van der Waals surface area contributed by atoms with Crippen LogP contribution in [0.15, 0.2) is 66.2 Å². The molecular weight excluding hydrogens is 452 g/mol. The number of hydrogen-bond donors (Lipinski definition) is 0. The molecule has 0 aliphatic carbocycles. The van der Waals surface area contributed by atoms with Gasteiger partial charge in [-0.1, -0.05) is 30.3 Å². The number of aryl methyl sites for hydroxylation is 2. The number of carbonyl (C=O) groups is 1. The highest BCUT2D eigenvalue weighted by Gasteiger charge is 2.26. The molecule has 0 fully saturated rings. The molecule has 0 radical (unpaired) electrons. The van der Waals surface area contributed by atoms with Gasteiger partial charge in [0.2, 0.25) is 0 Å². The number of fused-ring (bicyclic) bond motifs is 1. The maximum absolute atomic E-state index is 13.1. The van der Waals surface area contributed by atoms with Gasteiger partial charge in [0.1, 0.15) is 17.4 Å². The average molecular weight is 483 g/mol. The third kappa shape index (κ3) is 5.87. The van der Waals surface area contributed by atoms with Gasteiger partial charge in [0.15, 0.2) is 11.5 Å². The lowest BCUT2D eigenvalue weighted by Gasteiger charge is -2.16. The first-order valence-corrected chi connectivity index (χ1v) is 12.0. The lowest BCUT2D eigenvalue weighted by Crippen LogP contribution is -2.29. The van der Waals surface area contributed by atoms with Crippen molar-refractivity contribution in [2.45, 2.75) is 26.7 Å². The molecule has 0 saturated heterocycles. The van der Waals surface area contributed by atoms with Crippen molar-refractivity contribution in [1.29, 1.82) is 5.26 Å². The number of anilines is 1. The van der Waals surface area contributed by atoms with Gasteiger partial charge in [0.05, 0.1) is 20.3 Å². The molecule has 184 valence electrons. The molecule has 1 aliphatic rings. The van der Waals surface area contributed by atoms with E-state index in [2.05, 4.69) is 26.0 Å². The average Bonchev–Trinajstić information content (AvgIpc) is 3.31. The van der Waals surface area contributed by atoms with Crippen molar-refractivity contribution in [1.82, 2.24) is 0 Å². The number of nitrogens with zero attached hydrogens (tertiary/aromatic N) is 2. The van der Waals surface area contributed by atoms with E-state index in [1.807, 2.05) is 42.5 Å². The zero-order valence-corrected chi connectivity index (χ0v) is 20.9. The Morgan fingerprint density at radius 2 is 1.75 bits per heavy atom. The fraction of sp³-hybridized carbons (Fsp3) is 0.267. The maximum atomic E-state index is 13.1. The zero-order chi connectivity index (χ0) is 25.5. The third-order valence-corrected chi connectivity index (χ3v) is 5.99. The predicted octanol–water partition coefficient (Wildman–Crippen LogP) is 5.66. The Bertz CT molecular complexity index is 1300. The van der Waals surface area contributed by atoms with E-state index in [-0.39, 0.29) is 11.5 Å². The summed E-state index contributed by atoms with van der Waals surface area (Å²) in [4.78, 5) is 14.7. The van der Waals surface area contributed by atoms with Crippen molar-refractivity contribution in [3.05, 3.63) is 88.5 Å². The lowest BCUT2D eigenvalue weighted by atomic mass is 10.1. The summed E-state index contributed by atoms with van der Waals surface area (Å²) in [6, 6.07) is 21.4. The molecule has 1 heterocycles. The molecular formula is C30H30N2O4. The van der Waals surface area contributed by atoms with Crippen LogP contribution in [0.25, 0.3) is 6.08 Å². The molecule has 6 nitrogen and oxygen atoms in total. The fourth-order valence-electron chi connectivity index (χ4n) is 4.34. The molecule has 0 atom stereocenters. The van der Waals surface area contributed by atoms with E-state index in [4.69, 9.17) is 14.2 Å². The molecule has 0 N–H and O–H groups in total. The monoisotopic (exact) mass is 482 g/mol. The SMILES string of the molecule is COc1cc(/C=C(\C#N)C(=O)N2CCc3ccccc32)ccc1OCCCOc1cc(C)cc(C)c1. The third-order valence-electron chi connectivity index (χ3n) is 5.99. The Labute approximate surface area is 212 Å². The number of para-hydroxylation sites is 1. The van der Waals surface area contributed by atoms with Crippen molar-refractivity contribution in [2.75, 3.05) is 31.8 Å². The molecule has 1 amide bonds. The van der Waals surface area contributed by atoms with Gasteiger partial charge in [-0.05, 0) is 78.9 Å². The molecule has 36 heavy (non-hydrogen) atoms. The predicted molar refractivity (Wildman–Crippen MR) is 141 cm³/mol. The highest BCUT2D eigenvalue weighted by atomic mass is 16.5. The number of rotatable bonds is 9. The summed E-state index contributed by atoms with van der Waals surface area (Å²) in [5.74, 6) is 1.70. The van der Waals surface area contributed by atoms with E-state index in [0.717, 1.165) is 23.4 Å². The highest BCUT2D eigenvalue weighted by molar-refractivity contribution is 6.12. The van der Waals surface area contributed by atoms with Crippen LogP contribution in [0.2, 0.25) is 0 Å². The number of carbonyl (C=O) groups excluding carboxylic acids is 1. The fourth-order valence-corrected chi connectivity index (χ4v) is 4.34. The molecule has 0 saturated carbocycles. The number of ether oxygens (including phenoxy) is 3. The van der Waals surface area contributed by atoms with Crippen molar-refractivity contribution in [2.24, 2.45) is 0 Å². The maximum Gasteiger partial charge on any atom is 0.268 e. The smallest absolute Gasteiger partial charge is 0.268 e. The minimum Gasteiger partial charge on any atom is -0.493 e. The van der Waals surface area contributed by atoms with Crippen molar-refractivity contribution >= 4 is 17.7 Å². The second kappa shape index (κ2) is 11.5. The van der Waals surface area contributed by atoms with Gasteiger partial charge < -0.3 is 19.1 Å². The van der Waals surface area contributed by atoms with Crippen LogP contribution in [-0.2, 0) is 11.2 Å². The van der Waals surface area contributed by atoms with E-state index in [9.17, 15) is 10.1 Å². The van der Waals surface area contributed by atoms with Crippen LogP contribution in [0.3, 0.4) is 0 Å². The summed E-state index contributed by atoms with van der Waals surface area (Å²) < 4.78 is 17.2. The lowest BCUT2D eigenvalue weighted by molar-refractivity contribution is -0.114. The van der Waals surface area contributed by atoms with Gasteiger partial charge in [-0.15, -0.1) is 0 Å². The van der Waals surface area contributed by atoms with Gasteiger partial charge in [-0.25, -0.2) is 0 Å². The zero-order valence-electron chi connectivity index (χ0n) is 20.9. The summed E-state index contributed by atoms with van der Waals surface area (Å²) in [7, 11) is 1.57. The molecule has 6 heteroatoms. The van der Waals surface area contributed by atoms with Crippen LogP contribution in [0.4, 0.5) is 5.69 Å². The Kier molecular flexibility index (Phi) is 7.92. The second-order valence-electron chi connectivity index (χ2n) is 8.79. The summed E-state index contributed by atoms with van der Waals surface area (Å²) >= 11 is 0. The van der Waals surface area contributed by atoms with Gasteiger partial charge >= 0.3 is 0 Å². The van der Waals surface area contributed by atoms with Crippen LogP contribution >= 0.6 is 0 Å². The number of benzene rings is 3. The summed E-state index contributed by atoms with van der Waals surface area (Å²) in [5.41, 5.74) is 5.09. The number of nitriles is 1. The van der Waals surface area contributed by atoms with Gasteiger partial charge in [0, 0.05) is 18.7 Å². The van der Waals surface area contributed by atoms with E-state index >= 15 is 0 Å². The minimum absolute atomic E-state index is 0.0750. The first-order chi connectivity index (χ1) is 17.5. The molecule has 0 unspecified atom stereocenters. The highest BCUT2D eigenvalue weighted by Crippen LogP contribution is 2.31. The minimum atomic E-state index is -0.300. The Hall–Kier alpha value is -4.24. The Morgan fingerprint density at radius 3 is 2.50 bits per heavy atom. The normalized spacial score (nSPS) is 12.6. The quantitative estimate of drug-likeness (QED) is 0.224. The topological polar surface area (TPSA) is 71.8 Å². The molecule has 1 aliphatic heterocycles. The second-order valence-corrected chi connectivity index (χ2v) is 8.79. The molecule has 3 aromatic carbocycles.